The molecule has 1 aliphatic heterocycles. The second kappa shape index (κ2) is 6.38. The van der Waals surface area contributed by atoms with E-state index in [0.717, 1.165) is 25.5 Å². The molecule has 19 heavy (non-hydrogen) atoms. The number of rotatable bonds is 4. The van der Waals surface area contributed by atoms with E-state index in [1.165, 1.54) is 18.5 Å². The van der Waals surface area contributed by atoms with Gasteiger partial charge in [0.2, 0.25) is 0 Å². The molecular formula is C16H27N3. The summed E-state index contributed by atoms with van der Waals surface area (Å²) in [6.45, 7) is 13.6. The topological polar surface area (TPSA) is 19.4 Å². The van der Waals surface area contributed by atoms with Crippen LogP contribution >= 0.6 is 0 Å². The highest BCUT2D eigenvalue weighted by atomic mass is 15.3. The summed E-state index contributed by atoms with van der Waals surface area (Å²) in [5.74, 6) is 1.69. The molecule has 0 aromatic carbocycles. The number of nitrogens with zero attached hydrogens (tertiary/aromatic N) is 3. The molecule has 1 aliphatic rings. The van der Waals surface area contributed by atoms with Crippen LogP contribution in [0.15, 0.2) is 18.3 Å². The quantitative estimate of drug-likeness (QED) is 0.830. The summed E-state index contributed by atoms with van der Waals surface area (Å²) in [5, 5.41) is 0. The fourth-order valence-electron chi connectivity index (χ4n) is 2.75. The zero-order valence-electron chi connectivity index (χ0n) is 12.8. The van der Waals surface area contributed by atoms with Crippen molar-refractivity contribution in [1.29, 1.82) is 0 Å². The average molecular weight is 261 g/mol. The highest BCUT2D eigenvalue weighted by molar-refractivity contribution is 5.40. The Labute approximate surface area is 117 Å². The predicted octanol–water partition coefficient (Wildman–Crippen LogP) is 3.13. The van der Waals surface area contributed by atoms with Crippen LogP contribution in [0.4, 0.5) is 5.82 Å². The van der Waals surface area contributed by atoms with Crippen molar-refractivity contribution in [2.45, 2.75) is 46.1 Å². The second-order valence-electron chi connectivity index (χ2n) is 5.94. The molecule has 1 fully saturated rings. The predicted molar refractivity (Wildman–Crippen MR) is 81.9 cm³/mol. The van der Waals surface area contributed by atoms with Crippen molar-refractivity contribution < 1.29 is 0 Å². The molecule has 0 spiro atoms. The molecule has 3 heteroatoms. The van der Waals surface area contributed by atoms with Crippen LogP contribution in [0.25, 0.3) is 0 Å². The summed E-state index contributed by atoms with van der Waals surface area (Å²) in [5.41, 5.74) is 1.32. The third-order valence-corrected chi connectivity index (χ3v) is 4.04. The van der Waals surface area contributed by atoms with Gasteiger partial charge in [-0.05, 0) is 37.4 Å². The molecular weight excluding hydrogens is 234 g/mol. The van der Waals surface area contributed by atoms with Gasteiger partial charge in [-0.25, -0.2) is 4.98 Å². The maximum atomic E-state index is 4.64. The first-order valence-corrected chi connectivity index (χ1v) is 7.56. The lowest BCUT2D eigenvalue weighted by molar-refractivity contribution is 0.189. The van der Waals surface area contributed by atoms with Crippen molar-refractivity contribution in [3.05, 3.63) is 23.9 Å². The second-order valence-corrected chi connectivity index (χ2v) is 5.94. The Balaban J connectivity index is 2.00. The minimum absolute atomic E-state index is 0.557. The van der Waals surface area contributed by atoms with E-state index in [0.29, 0.717) is 12.0 Å². The number of pyridine rings is 1. The van der Waals surface area contributed by atoms with E-state index in [1.807, 2.05) is 6.20 Å². The van der Waals surface area contributed by atoms with Gasteiger partial charge >= 0.3 is 0 Å². The summed E-state index contributed by atoms with van der Waals surface area (Å²) >= 11 is 0. The van der Waals surface area contributed by atoms with Crippen molar-refractivity contribution in [1.82, 2.24) is 9.88 Å². The Morgan fingerprint density at radius 1 is 1.32 bits per heavy atom. The molecule has 0 N–H and O–H groups in total. The van der Waals surface area contributed by atoms with Crippen LogP contribution in [-0.2, 0) is 0 Å². The van der Waals surface area contributed by atoms with Crippen LogP contribution in [-0.4, -0.2) is 42.1 Å². The van der Waals surface area contributed by atoms with Crippen LogP contribution in [0, 0.1) is 0 Å². The molecule has 0 amide bonds. The fourth-order valence-corrected chi connectivity index (χ4v) is 2.75. The summed E-state index contributed by atoms with van der Waals surface area (Å²) < 4.78 is 0. The highest BCUT2D eigenvalue weighted by Gasteiger charge is 2.23. The zero-order chi connectivity index (χ0) is 13.8. The molecule has 0 saturated carbocycles. The van der Waals surface area contributed by atoms with Crippen molar-refractivity contribution in [2.24, 2.45) is 0 Å². The Morgan fingerprint density at radius 3 is 2.63 bits per heavy atom. The van der Waals surface area contributed by atoms with Gasteiger partial charge in [0.05, 0.1) is 0 Å². The standard InChI is InChI=1S/C16H27N3/c1-5-8-18-9-10-19(12-14(18)4)16-7-6-15(11-17-16)13(2)3/h6-7,11,13-14H,5,8-10,12H2,1-4H3/t14-/m0/s1. The number of hydrogen-bond acceptors (Lipinski definition) is 3. The van der Waals surface area contributed by atoms with Gasteiger partial charge < -0.3 is 4.90 Å². The largest absolute Gasteiger partial charge is 0.354 e. The smallest absolute Gasteiger partial charge is 0.128 e. The molecule has 1 saturated heterocycles. The van der Waals surface area contributed by atoms with Gasteiger partial charge in [-0.3, -0.25) is 4.90 Å². The first-order valence-electron chi connectivity index (χ1n) is 7.56. The minimum atomic E-state index is 0.557. The first-order chi connectivity index (χ1) is 9.11. The first kappa shape index (κ1) is 14.3. The molecule has 0 aliphatic carbocycles. The van der Waals surface area contributed by atoms with Crippen LogP contribution in [0.3, 0.4) is 0 Å². The van der Waals surface area contributed by atoms with Gasteiger partial charge in [0.15, 0.2) is 0 Å². The monoisotopic (exact) mass is 261 g/mol. The molecule has 1 aromatic rings. The van der Waals surface area contributed by atoms with Crippen LogP contribution in [0.1, 0.15) is 45.6 Å². The maximum Gasteiger partial charge on any atom is 0.128 e. The summed E-state index contributed by atoms with van der Waals surface area (Å²) in [4.78, 5) is 9.64. The summed E-state index contributed by atoms with van der Waals surface area (Å²) in [6.07, 6.45) is 3.27. The fraction of sp³-hybridized carbons (Fsp3) is 0.688. The molecule has 0 bridgehead atoms. The van der Waals surface area contributed by atoms with E-state index >= 15 is 0 Å². The zero-order valence-corrected chi connectivity index (χ0v) is 12.8. The van der Waals surface area contributed by atoms with Gasteiger partial charge in [-0.1, -0.05) is 26.8 Å². The van der Waals surface area contributed by atoms with E-state index < -0.39 is 0 Å². The molecule has 0 unspecified atom stereocenters. The van der Waals surface area contributed by atoms with Crippen molar-refractivity contribution in [2.75, 3.05) is 31.1 Å². The van der Waals surface area contributed by atoms with Gasteiger partial charge in [0, 0.05) is 31.9 Å². The molecule has 3 nitrogen and oxygen atoms in total. The van der Waals surface area contributed by atoms with Gasteiger partial charge in [-0.2, -0.15) is 0 Å². The SMILES string of the molecule is CCCN1CCN(c2ccc(C(C)C)cn2)C[C@@H]1C. The van der Waals surface area contributed by atoms with Gasteiger partial charge in [-0.15, -0.1) is 0 Å². The Hall–Kier alpha value is -1.09. The number of piperazine rings is 1. The van der Waals surface area contributed by atoms with Crippen LogP contribution in [0.5, 0.6) is 0 Å². The summed E-state index contributed by atoms with van der Waals surface area (Å²) in [7, 11) is 0. The molecule has 1 atom stereocenters. The van der Waals surface area contributed by atoms with Crippen LogP contribution < -0.4 is 4.90 Å². The number of anilines is 1. The Morgan fingerprint density at radius 2 is 2.11 bits per heavy atom. The molecule has 106 valence electrons. The van der Waals surface area contributed by atoms with E-state index in [1.54, 1.807) is 0 Å². The molecule has 1 aromatic heterocycles. The lowest BCUT2D eigenvalue weighted by Gasteiger charge is -2.40. The molecule has 0 radical (unpaired) electrons. The van der Waals surface area contributed by atoms with Crippen molar-refractivity contribution in [3.8, 4) is 0 Å². The van der Waals surface area contributed by atoms with E-state index in [4.69, 9.17) is 0 Å². The van der Waals surface area contributed by atoms with Crippen LogP contribution in [0.2, 0.25) is 0 Å². The molecule has 2 rings (SSSR count). The third-order valence-electron chi connectivity index (χ3n) is 4.04. The Bertz CT molecular complexity index is 385. The maximum absolute atomic E-state index is 4.64. The van der Waals surface area contributed by atoms with Crippen molar-refractivity contribution >= 4 is 5.82 Å². The van der Waals surface area contributed by atoms with E-state index in [2.05, 4.69) is 54.6 Å². The third kappa shape index (κ3) is 3.47. The molecule has 2 heterocycles. The highest BCUT2D eigenvalue weighted by Crippen LogP contribution is 2.20. The van der Waals surface area contributed by atoms with E-state index in [9.17, 15) is 0 Å². The minimum Gasteiger partial charge on any atom is -0.354 e. The lowest BCUT2D eigenvalue weighted by atomic mass is 10.1. The number of aromatic nitrogens is 1. The Kier molecular flexibility index (Phi) is 4.81. The van der Waals surface area contributed by atoms with E-state index in [-0.39, 0.29) is 0 Å². The van der Waals surface area contributed by atoms with Crippen molar-refractivity contribution in [3.63, 3.8) is 0 Å². The van der Waals surface area contributed by atoms with Gasteiger partial charge in [0.25, 0.3) is 0 Å². The van der Waals surface area contributed by atoms with Gasteiger partial charge in [0.1, 0.15) is 5.82 Å². The normalized spacial score (nSPS) is 21.1. The average Bonchev–Trinajstić information content (AvgIpc) is 2.41. The summed E-state index contributed by atoms with van der Waals surface area (Å²) in [6, 6.07) is 5.02. The number of hydrogen-bond donors (Lipinski definition) is 0. The lowest BCUT2D eigenvalue weighted by Crippen LogP contribution is -2.52.